The van der Waals surface area contributed by atoms with E-state index in [-0.39, 0.29) is 22.9 Å². The van der Waals surface area contributed by atoms with E-state index in [4.69, 9.17) is 4.74 Å². The van der Waals surface area contributed by atoms with E-state index in [1.54, 1.807) is 31.2 Å². The van der Waals surface area contributed by atoms with Gasteiger partial charge in [0.05, 0.1) is 25.0 Å². The van der Waals surface area contributed by atoms with Crippen LogP contribution in [0, 0.1) is 0 Å². The predicted octanol–water partition coefficient (Wildman–Crippen LogP) is 4.91. The zero-order chi connectivity index (χ0) is 22.9. The Hall–Kier alpha value is -3.88. The topological polar surface area (TPSA) is 68.5 Å². The molecule has 1 atom stereocenters. The first-order valence-corrected chi connectivity index (χ1v) is 9.74. The number of hydrogen-bond donors (Lipinski definition) is 1. The molecular formula is C23H19F3N4O2. The van der Waals surface area contributed by atoms with Crippen LogP contribution in [0.15, 0.2) is 66.9 Å². The van der Waals surface area contributed by atoms with Gasteiger partial charge < -0.3 is 10.1 Å². The SMILES string of the molecule is COc1cccc(-c2cc(C(F)(F)F)n3ncc(C(=O)N[C@H](C)c4ccccc4)c3n2)c1. The lowest BCUT2D eigenvalue weighted by Crippen LogP contribution is -2.26. The molecule has 4 aromatic rings. The number of fused-ring (bicyclic) bond motifs is 1. The maximum Gasteiger partial charge on any atom is 0.433 e. The number of aromatic nitrogens is 3. The summed E-state index contributed by atoms with van der Waals surface area (Å²) in [7, 11) is 1.46. The van der Waals surface area contributed by atoms with E-state index in [0.29, 0.717) is 15.8 Å². The number of amides is 1. The Morgan fingerprint density at radius 3 is 2.53 bits per heavy atom. The minimum absolute atomic E-state index is 0.0504. The normalized spacial score (nSPS) is 12.5. The van der Waals surface area contributed by atoms with Crippen molar-refractivity contribution in [2.45, 2.75) is 19.1 Å². The summed E-state index contributed by atoms with van der Waals surface area (Å²) in [6, 6.07) is 16.3. The molecule has 0 saturated heterocycles. The van der Waals surface area contributed by atoms with Gasteiger partial charge in [-0.15, -0.1) is 0 Å². The van der Waals surface area contributed by atoms with Gasteiger partial charge in [0.15, 0.2) is 11.3 Å². The Morgan fingerprint density at radius 2 is 1.84 bits per heavy atom. The number of methoxy groups -OCH3 is 1. The molecule has 0 fully saturated rings. The molecule has 164 valence electrons. The van der Waals surface area contributed by atoms with Crippen molar-refractivity contribution in [3.63, 3.8) is 0 Å². The second-order valence-electron chi connectivity index (χ2n) is 7.16. The molecule has 0 unspecified atom stereocenters. The highest BCUT2D eigenvalue weighted by Gasteiger charge is 2.36. The molecule has 0 aliphatic carbocycles. The molecule has 2 aromatic carbocycles. The lowest BCUT2D eigenvalue weighted by molar-refractivity contribution is -0.142. The number of hydrogen-bond acceptors (Lipinski definition) is 4. The fourth-order valence-corrected chi connectivity index (χ4v) is 3.35. The number of carbonyl (C=O) groups excluding carboxylic acids is 1. The van der Waals surface area contributed by atoms with Crippen molar-refractivity contribution in [1.82, 2.24) is 19.9 Å². The zero-order valence-corrected chi connectivity index (χ0v) is 17.2. The van der Waals surface area contributed by atoms with Crippen molar-refractivity contribution in [3.8, 4) is 17.0 Å². The molecule has 1 amide bonds. The Morgan fingerprint density at radius 1 is 1.09 bits per heavy atom. The average molecular weight is 440 g/mol. The Labute approximate surface area is 181 Å². The number of halogens is 3. The van der Waals surface area contributed by atoms with Gasteiger partial charge in [-0.25, -0.2) is 9.50 Å². The minimum Gasteiger partial charge on any atom is -0.497 e. The molecule has 2 aromatic heterocycles. The van der Waals surface area contributed by atoms with E-state index in [2.05, 4.69) is 15.4 Å². The summed E-state index contributed by atoms with van der Waals surface area (Å²) in [5.74, 6) is -0.0966. The Balaban J connectivity index is 1.80. The first kappa shape index (κ1) is 21.4. The van der Waals surface area contributed by atoms with Gasteiger partial charge in [0, 0.05) is 5.56 Å². The second-order valence-corrected chi connectivity index (χ2v) is 7.16. The third-order valence-electron chi connectivity index (χ3n) is 5.02. The van der Waals surface area contributed by atoms with Crippen LogP contribution in [0.5, 0.6) is 5.75 Å². The van der Waals surface area contributed by atoms with E-state index in [0.717, 1.165) is 17.8 Å². The molecule has 9 heteroatoms. The van der Waals surface area contributed by atoms with Crippen LogP contribution < -0.4 is 10.1 Å². The van der Waals surface area contributed by atoms with Gasteiger partial charge in [0.2, 0.25) is 0 Å². The van der Waals surface area contributed by atoms with Crippen LogP contribution in [0.2, 0.25) is 0 Å². The van der Waals surface area contributed by atoms with Crippen molar-refractivity contribution < 1.29 is 22.7 Å². The summed E-state index contributed by atoms with van der Waals surface area (Å²) < 4.78 is 47.2. The molecule has 0 saturated carbocycles. The van der Waals surface area contributed by atoms with Crippen LogP contribution in [-0.4, -0.2) is 27.6 Å². The second kappa shape index (κ2) is 8.33. The number of rotatable bonds is 5. The number of benzene rings is 2. The first-order valence-electron chi connectivity index (χ1n) is 9.74. The fraction of sp³-hybridized carbons (Fsp3) is 0.174. The zero-order valence-electron chi connectivity index (χ0n) is 17.2. The van der Waals surface area contributed by atoms with Crippen LogP contribution in [0.1, 0.15) is 34.6 Å². The molecule has 0 aliphatic rings. The highest BCUT2D eigenvalue weighted by molar-refractivity contribution is 6.00. The van der Waals surface area contributed by atoms with Gasteiger partial charge in [-0.2, -0.15) is 18.3 Å². The van der Waals surface area contributed by atoms with E-state index in [9.17, 15) is 18.0 Å². The summed E-state index contributed by atoms with van der Waals surface area (Å²) in [6.45, 7) is 1.79. The summed E-state index contributed by atoms with van der Waals surface area (Å²) in [5, 5.41) is 6.60. The fourth-order valence-electron chi connectivity index (χ4n) is 3.35. The first-order chi connectivity index (χ1) is 15.3. The predicted molar refractivity (Wildman–Crippen MR) is 112 cm³/mol. The van der Waals surface area contributed by atoms with Gasteiger partial charge in [0.1, 0.15) is 11.3 Å². The van der Waals surface area contributed by atoms with Crippen molar-refractivity contribution >= 4 is 11.6 Å². The molecule has 1 N–H and O–H groups in total. The lowest BCUT2D eigenvalue weighted by Gasteiger charge is -2.14. The molecule has 0 bridgehead atoms. The van der Waals surface area contributed by atoms with Crippen molar-refractivity contribution in [1.29, 1.82) is 0 Å². The van der Waals surface area contributed by atoms with Gasteiger partial charge in [-0.3, -0.25) is 4.79 Å². The molecule has 0 aliphatic heterocycles. The number of nitrogens with zero attached hydrogens (tertiary/aromatic N) is 3. The number of carbonyl (C=O) groups is 1. The van der Waals surface area contributed by atoms with E-state index in [1.807, 2.05) is 30.3 Å². The van der Waals surface area contributed by atoms with Crippen molar-refractivity contribution in [3.05, 3.63) is 83.7 Å². The number of ether oxygens (including phenoxy) is 1. The van der Waals surface area contributed by atoms with Gasteiger partial charge in [-0.1, -0.05) is 42.5 Å². The number of alkyl halides is 3. The number of nitrogens with one attached hydrogen (secondary N) is 1. The molecule has 4 rings (SSSR count). The quantitative estimate of drug-likeness (QED) is 0.479. The average Bonchev–Trinajstić information content (AvgIpc) is 3.22. The van der Waals surface area contributed by atoms with Crippen LogP contribution in [0.3, 0.4) is 0 Å². The summed E-state index contributed by atoms with van der Waals surface area (Å²) >= 11 is 0. The van der Waals surface area contributed by atoms with Crippen molar-refractivity contribution in [2.75, 3.05) is 7.11 Å². The van der Waals surface area contributed by atoms with Crippen LogP contribution in [0.25, 0.3) is 16.9 Å². The standard InChI is InChI=1S/C23H19F3N4O2/c1-14(15-7-4-3-5-8-15)28-22(31)18-13-27-30-20(23(24,25)26)12-19(29-21(18)30)16-9-6-10-17(11-16)32-2/h3-14H,1-2H3,(H,28,31)/t14-/m1/s1. The highest BCUT2D eigenvalue weighted by Crippen LogP contribution is 2.33. The van der Waals surface area contributed by atoms with Gasteiger partial charge in [-0.05, 0) is 30.7 Å². The third-order valence-corrected chi connectivity index (χ3v) is 5.02. The minimum atomic E-state index is -4.70. The largest absolute Gasteiger partial charge is 0.497 e. The lowest BCUT2D eigenvalue weighted by atomic mass is 10.1. The van der Waals surface area contributed by atoms with E-state index < -0.39 is 17.8 Å². The maximum absolute atomic E-state index is 13.8. The van der Waals surface area contributed by atoms with E-state index >= 15 is 0 Å². The summed E-state index contributed by atoms with van der Waals surface area (Å²) in [5.41, 5.74) is 0.0594. The smallest absolute Gasteiger partial charge is 0.433 e. The Kier molecular flexibility index (Phi) is 5.56. The van der Waals surface area contributed by atoms with Crippen LogP contribution in [-0.2, 0) is 6.18 Å². The third kappa shape index (κ3) is 4.14. The van der Waals surface area contributed by atoms with Gasteiger partial charge in [0.25, 0.3) is 5.91 Å². The molecule has 32 heavy (non-hydrogen) atoms. The molecule has 0 radical (unpaired) electrons. The summed E-state index contributed by atoms with van der Waals surface area (Å²) in [4.78, 5) is 17.2. The van der Waals surface area contributed by atoms with Gasteiger partial charge >= 0.3 is 6.18 Å². The summed E-state index contributed by atoms with van der Waals surface area (Å²) in [6.07, 6.45) is -3.61. The Bertz CT molecular complexity index is 1270. The van der Waals surface area contributed by atoms with Crippen LogP contribution in [0.4, 0.5) is 13.2 Å². The highest BCUT2D eigenvalue weighted by atomic mass is 19.4. The molecular weight excluding hydrogens is 421 g/mol. The van der Waals surface area contributed by atoms with Crippen LogP contribution >= 0.6 is 0 Å². The van der Waals surface area contributed by atoms with E-state index in [1.165, 1.54) is 7.11 Å². The maximum atomic E-state index is 13.8. The molecule has 2 heterocycles. The molecule has 6 nitrogen and oxygen atoms in total. The van der Waals surface area contributed by atoms with Crippen molar-refractivity contribution in [2.24, 2.45) is 0 Å². The monoisotopic (exact) mass is 440 g/mol. The molecule has 0 spiro atoms.